The molecule has 1 aliphatic rings. The van der Waals surface area contributed by atoms with Crippen LogP contribution in [0.5, 0.6) is 5.88 Å². The summed E-state index contributed by atoms with van der Waals surface area (Å²) < 4.78 is 8.84. The van der Waals surface area contributed by atoms with Crippen LogP contribution in [0, 0.1) is 6.92 Å². The van der Waals surface area contributed by atoms with Gasteiger partial charge in [-0.15, -0.1) is 11.3 Å². The fourth-order valence-corrected chi connectivity index (χ4v) is 4.69. The third kappa shape index (κ3) is 3.93. The maximum atomic E-state index is 13.1. The van der Waals surface area contributed by atoms with Crippen molar-refractivity contribution in [2.75, 3.05) is 13.2 Å². The number of carbonyl (C=O) groups excluding carboxylic acids is 1. The summed E-state index contributed by atoms with van der Waals surface area (Å²) in [7, 11) is 0. The number of nitrogens with zero attached hydrogens (tertiary/aromatic N) is 6. The first-order chi connectivity index (χ1) is 16.0. The molecule has 10 heteroatoms. The zero-order valence-electron chi connectivity index (χ0n) is 18.3. The van der Waals surface area contributed by atoms with E-state index in [1.807, 2.05) is 31.4 Å². The number of fused-ring (bicyclic) bond motifs is 1. The summed E-state index contributed by atoms with van der Waals surface area (Å²) in [4.78, 5) is 41.0. The van der Waals surface area contributed by atoms with Crippen molar-refractivity contribution >= 4 is 17.2 Å². The molecule has 1 aliphatic heterocycles. The zero-order valence-corrected chi connectivity index (χ0v) is 19.1. The quantitative estimate of drug-likeness (QED) is 0.437. The molecule has 0 saturated carbocycles. The molecule has 168 valence electrons. The number of rotatable bonds is 6. The Morgan fingerprint density at radius 2 is 2.03 bits per heavy atom. The van der Waals surface area contributed by atoms with Gasteiger partial charge in [-0.05, 0) is 38.1 Å². The van der Waals surface area contributed by atoms with Gasteiger partial charge in [-0.1, -0.05) is 0 Å². The highest BCUT2D eigenvalue weighted by atomic mass is 32.1. The van der Waals surface area contributed by atoms with Crippen molar-refractivity contribution in [1.82, 2.24) is 29.0 Å². The van der Waals surface area contributed by atoms with Crippen LogP contribution >= 0.6 is 11.3 Å². The van der Waals surface area contributed by atoms with Crippen LogP contribution in [0.15, 0.2) is 53.2 Å². The summed E-state index contributed by atoms with van der Waals surface area (Å²) in [5.41, 5.74) is 3.10. The minimum absolute atomic E-state index is 0.183. The molecule has 0 saturated heterocycles. The van der Waals surface area contributed by atoms with Gasteiger partial charge in [0.15, 0.2) is 0 Å². The van der Waals surface area contributed by atoms with E-state index >= 15 is 0 Å². The minimum atomic E-state index is -0.200. The molecule has 0 bridgehead atoms. The summed E-state index contributed by atoms with van der Waals surface area (Å²) in [5, 5.41) is 2.74. The van der Waals surface area contributed by atoms with E-state index in [0.29, 0.717) is 43.5 Å². The molecule has 0 unspecified atom stereocenters. The molecule has 1 amide bonds. The monoisotopic (exact) mass is 462 g/mol. The van der Waals surface area contributed by atoms with Crippen LogP contribution in [0.4, 0.5) is 0 Å². The number of aryl methyl sites for hydroxylation is 1. The molecule has 9 nitrogen and oxygen atoms in total. The molecule has 0 spiro atoms. The van der Waals surface area contributed by atoms with E-state index in [-0.39, 0.29) is 11.5 Å². The van der Waals surface area contributed by atoms with Crippen LogP contribution < -0.4 is 10.3 Å². The first kappa shape index (κ1) is 21.1. The fourth-order valence-electron chi connectivity index (χ4n) is 3.86. The predicted molar refractivity (Wildman–Crippen MR) is 124 cm³/mol. The number of imidazole rings is 1. The number of thiazole rings is 1. The van der Waals surface area contributed by atoms with E-state index < -0.39 is 0 Å². The van der Waals surface area contributed by atoms with Crippen molar-refractivity contribution in [3.63, 3.8) is 0 Å². The average Bonchev–Trinajstić information content (AvgIpc) is 3.46. The van der Waals surface area contributed by atoms with Crippen LogP contribution in [0.25, 0.3) is 16.3 Å². The Balaban J connectivity index is 1.37. The van der Waals surface area contributed by atoms with E-state index in [0.717, 1.165) is 22.0 Å². The maximum absolute atomic E-state index is 13.1. The van der Waals surface area contributed by atoms with Gasteiger partial charge >= 0.3 is 0 Å². The smallest absolute Gasteiger partial charge is 0.275 e. The number of carbonyl (C=O) groups is 1. The van der Waals surface area contributed by atoms with Crippen molar-refractivity contribution in [2.45, 2.75) is 26.9 Å². The Bertz CT molecular complexity index is 1390. The van der Waals surface area contributed by atoms with Gasteiger partial charge in [-0.3, -0.25) is 9.59 Å². The lowest BCUT2D eigenvalue weighted by atomic mass is 10.2. The van der Waals surface area contributed by atoms with Crippen LogP contribution in [-0.2, 0) is 13.1 Å². The van der Waals surface area contributed by atoms with E-state index in [1.165, 1.54) is 11.3 Å². The molecule has 0 fully saturated rings. The van der Waals surface area contributed by atoms with Gasteiger partial charge in [-0.25, -0.2) is 15.0 Å². The summed E-state index contributed by atoms with van der Waals surface area (Å²) in [6.45, 7) is 5.53. The van der Waals surface area contributed by atoms with Gasteiger partial charge in [0.2, 0.25) is 5.88 Å². The number of hydrogen-bond donors (Lipinski definition) is 0. The van der Waals surface area contributed by atoms with Crippen molar-refractivity contribution in [2.24, 2.45) is 0 Å². The van der Waals surface area contributed by atoms with Crippen molar-refractivity contribution in [3.05, 3.63) is 75.8 Å². The highest BCUT2D eigenvalue weighted by molar-refractivity contribution is 7.13. The average molecular weight is 463 g/mol. The Morgan fingerprint density at radius 1 is 1.15 bits per heavy atom. The zero-order chi connectivity index (χ0) is 22.9. The Morgan fingerprint density at radius 3 is 2.82 bits per heavy atom. The molecular formula is C23H22N6O3S. The van der Waals surface area contributed by atoms with Crippen LogP contribution in [0.3, 0.4) is 0 Å². The largest absolute Gasteiger partial charge is 0.477 e. The normalized spacial score (nSPS) is 13.3. The van der Waals surface area contributed by atoms with E-state index in [2.05, 4.69) is 9.97 Å². The molecule has 4 aromatic rings. The predicted octanol–water partition coefficient (Wildman–Crippen LogP) is 2.92. The number of amides is 1. The van der Waals surface area contributed by atoms with E-state index in [4.69, 9.17) is 9.72 Å². The molecule has 4 aromatic heterocycles. The summed E-state index contributed by atoms with van der Waals surface area (Å²) >= 11 is 1.49. The minimum Gasteiger partial charge on any atom is -0.477 e. The lowest BCUT2D eigenvalue weighted by molar-refractivity contribution is 0.0684. The summed E-state index contributed by atoms with van der Waals surface area (Å²) in [6.07, 6.45) is 5.09. The van der Waals surface area contributed by atoms with Crippen LogP contribution in [-0.4, -0.2) is 48.0 Å². The second-order valence-electron chi connectivity index (χ2n) is 7.64. The van der Waals surface area contributed by atoms with Gasteiger partial charge in [0.25, 0.3) is 11.5 Å². The summed E-state index contributed by atoms with van der Waals surface area (Å²) in [5.74, 6) is 0.366. The number of pyridine rings is 2. The van der Waals surface area contributed by atoms with E-state index in [1.54, 1.807) is 44.9 Å². The molecule has 0 N–H and O–H groups in total. The first-order valence-electron chi connectivity index (χ1n) is 10.6. The standard InChI is InChI=1S/C23H22N6O3S/c1-3-32-20-17(5-4-8-24-20)21-26-16(13-33-21)12-27-9-10-29-19(22(27)30)7-6-18(23(29)31)28-11-15(2)25-14-28/h4-8,11,13-14H,3,9-10,12H2,1-2H3. The fraction of sp³-hybridized carbons (Fsp3) is 0.261. The molecule has 0 radical (unpaired) electrons. The van der Waals surface area contributed by atoms with E-state index in [9.17, 15) is 9.59 Å². The highest BCUT2D eigenvalue weighted by Gasteiger charge is 2.27. The molecule has 0 atom stereocenters. The summed E-state index contributed by atoms with van der Waals surface area (Å²) in [6, 6.07) is 7.15. The molecule has 5 rings (SSSR count). The topological polar surface area (TPSA) is 95.1 Å². The second kappa shape index (κ2) is 8.62. The first-order valence-corrected chi connectivity index (χ1v) is 11.5. The third-order valence-corrected chi connectivity index (χ3v) is 6.36. The number of ether oxygens (including phenoxy) is 1. The molecule has 0 aromatic carbocycles. The lowest BCUT2D eigenvalue weighted by Crippen LogP contribution is -2.44. The Hall–Kier alpha value is -3.79. The Labute approximate surface area is 193 Å². The van der Waals surface area contributed by atoms with Crippen molar-refractivity contribution < 1.29 is 9.53 Å². The molecule has 5 heterocycles. The van der Waals surface area contributed by atoms with Gasteiger partial charge in [0, 0.05) is 30.9 Å². The van der Waals surface area contributed by atoms with Gasteiger partial charge in [0.1, 0.15) is 16.4 Å². The number of hydrogen-bond acceptors (Lipinski definition) is 7. The van der Waals surface area contributed by atoms with Crippen LogP contribution in [0.1, 0.15) is 28.8 Å². The molecule has 0 aliphatic carbocycles. The van der Waals surface area contributed by atoms with Gasteiger partial charge in [0.05, 0.1) is 36.4 Å². The lowest BCUT2D eigenvalue weighted by Gasteiger charge is -2.29. The number of aromatic nitrogens is 5. The van der Waals surface area contributed by atoms with Gasteiger partial charge < -0.3 is 18.8 Å². The van der Waals surface area contributed by atoms with Crippen LogP contribution in [0.2, 0.25) is 0 Å². The maximum Gasteiger partial charge on any atom is 0.275 e. The van der Waals surface area contributed by atoms with Crippen molar-refractivity contribution in [1.29, 1.82) is 0 Å². The molecular weight excluding hydrogens is 440 g/mol. The third-order valence-electron chi connectivity index (χ3n) is 5.43. The van der Waals surface area contributed by atoms with Gasteiger partial charge in [-0.2, -0.15) is 0 Å². The molecule has 33 heavy (non-hydrogen) atoms. The SMILES string of the molecule is CCOc1ncccc1-c1nc(CN2CCn3c(ccc(-n4cnc(C)c4)c3=O)C2=O)cs1. The second-order valence-corrected chi connectivity index (χ2v) is 8.50. The Kier molecular flexibility index (Phi) is 5.51. The van der Waals surface area contributed by atoms with Crippen molar-refractivity contribution in [3.8, 4) is 22.1 Å². The highest BCUT2D eigenvalue weighted by Crippen LogP contribution is 2.31.